The Morgan fingerprint density at radius 2 is 1.05 bits per heavy atom. The highest BCUT2D eigenvalue weighted by atomic mass is 31.2. The number of rotatable bonds is 4. The zero-order valence-electron chi connectivity index (χ0n) is 20.9. The molecule has 5 heteroatoms. The summed E-state index contributed by atoms with van der Waals surface area (Å²) < 4.78 is 21.4. The molecule has 7 rings (SSSR count). The summed E-state index contributed by atoms with van der Waals surface area (Å²) >= 11 is 0. The summed E-state index contributed by atoms with van der Waals surface area (Å²) in [6.07, 6.45) is 0. The van der Waals surface area contributed by atoms with Crippen LogP contribution in [0, 0.1) is 0 Å². The summed E-state index contributed by atoms with van der Waals surface area (Å²) in [5.41, 5.74) is 4.36. The van der Waals surface area contributed by atoms with Gasteiger partial charge in [0.05, 0.1) is 22.0 Å². The Morgan fingerprint density at radius 1 is 0.487 bits per heavy atom. The van der Waals surface area contributed by atoms with Gasteiger partial charge < -0.3 is 9.30 Å². The number of ether oxygens (including phenoxy) is 1. The number of hydrogen-bond acceptors (Lipinski definition) is 4. The molecule has 1 aliphatic heterocycles. The van der Waals surface area contributed by atoms with Gasteiger partial charge in [-0.05, 0) is 36.4 Å². The predicted molar refractivity (Wildman–Crippen MR) is 158 cm³/mol. The Kier molecular flexibility index (Phi) is 5.69. The molecule has 2 heterocycles. The third-order valence-corrected chi connectivity index (χ3v) is 10.1. The van der Waals surface area contributed by atoms with E-state index < -0.39 is 7.14 Å². The normalized spacial score (nSPS) is 15.6. The molecular weight excluding hydrogens is 499 g/mol. The lowest BCUT2D eigenvalue weighted by molar-refractivity contribution is 0.485. The molecule has 1 atom stereocenters. The van der Waals surface area contributed by atoms with E-state index in [0.29, 0.717) is 27.9 Å². The van der Waals surface area contributed by atoms with Crippen molar-refractivity contribution in [3.05, 3.63) is 140 Å². The van der Waals surface area contributed by atoms with E-state index in [1.54, 1.807) is 0 Å². The van der Waals surface area contributed by atoms with Gasteiger partial charge in [-0.2, -0.15) is 0 Å². The number of aromatic nitrogens is 2. The average molecular weight is 523 g/mol. The second-order valence-corrected chi connectivity index (χ2v) is 12.1. The van der Waals surface area contributed by atoms with E-state index in [4.69, 9.17) is 14.7 Å². The van der Waals surface area contributed by atoms with E-state index in [1.807, 2.05) is 140 Å². The van der Waals surface area contributed by atoms with Gasteiger partial charge in [-0.1, -0.05) is 103 Å². The molecule has 1 unspecified atom stereocenters. The van der Waals surface area contributed by atoms with Crippen LogP contribution in [0.2, 0.25) is 0 Å². The lowest BCUT2D eigenvalue weighted by Crippen LogP contribution is -2.30. The van der Waals surface area contributed by atoms with Gasteiger partial charge in [0, 0.05) is 22.0 Å². The van der Waals surface area contributed by atoms with Crippen LogP contribution in [0.1, 0.15) is 0 Å². The van der Waals surface area contributed by atoms with Crippen LogP contribution in [0.25, 0.3) is 33.9 Å². The van der Waals surface area contributed by atoms with Crippen LogP contribution in [0.3, 0.4) is 0 Å². The zero-order valence-corrected chi connectivity index (χ0v) is 21.8. The fourth-order valence-electron chi connectivity index (χ4n) is 5.05. The maximum absolute atomic E-state index is 15.1. The van der Waals surface area contributed by atoms with Crippen molar-refractivity contribution >= 4 is 23.1 Å². The summed E-state index contributed by atoms with van der Waals surface area (Å²) in [6.45, 7) is 0. The van der Waals surface area contributed by atoms with Crippen LogP contribution in [-0.4, -0.2) is 9.97 Å². The molecule has 0 fully saturated rings. The zero-order chi connectivity index (χ0) is 26.2. The summed E-state index contributed by atoms with van der Waals surface area (Å²) in [7, 11) is -3.20. The molecule has 0 saturated carbocycles. The molecule has 0 spiro atoms. The van der Waals surface area contributed by atoms with Crippen LogP contribution in [-0.2, 0) is 4.57 Å². The molecule has 1 aliphatic rings. The first kappa shape index (κ1) is 23.3. The largest absolute Gasteiger partial charge is 0.456 e. The second kappa shape index (κ2) is 9.50. The predicted octanol–water partition coefficient (Wildman–Crippen LogP) is 7.22. The first-order valence-electron chi connectivity index (χ1n) is 12.8. The number of hydrogen-bond donors (Lipinski definition) is 0. The van der Waals surface area contributed by atoms with Gasteiger partial charge in [-0.25, -0.2) is 9.97 Å². The highest BCUT2D eigenvalue weighted by Gasteiger charge is 2.39. The van der Waals surface area contributed by atoms with Crippen LogP contribution in [0.15, 0.2) is 140 Å². The van der Waals surface area contributed by atoms with Crippen molar-refractivity contribution in [2.75, 3.05) is 0 Å². The molecule has 1 aromatic heterocycles. The van der Waals surface area contributed by atoms with Crippen molar-refractivity contribution in [1.82, 2.24) is 9.97 Å². The van der Waals surface area contributed by atoms with E-state index in [-0.39, 0.29) is 0 Å². The van der Waals surface area contributed by atoms with Crippen molar-refractivity contribution in [2.24, 2.45) is 0 Å². The molecule has 5 aromatic carbocycles. The minimum Gasteiger partial charge on any atom is -0.456 e. The molecule has 0 amide bonds. The van der Waals surface area contributed by atoms with Crippen LogP contribution < -0.4 is 20.7 Å². The molecule has 0 radical (unpaired) electrons. The Morgan fingerprint density at radius 3 is 1.77 bits per heavy atom. The first-order valence-corrected chi connectivity index (χ1v) is 14.5. The van der Waals surface area contributed by atoms with E-state index in [0.717, 1.165) is 33.4 Å². The minimum absolute atomic E-state index is 0.602. The first-order chi connectivity index (χ1) is 19.2. The number of fused-ring (bicyclic) bond motifs is 2. The summed E-state index contributed by atoms with van der Waals surface area (Å²) in [5.74, 6) is 1.87. The van der Waals surface area contributed by atoms with E-state index >= 15 is 4.57 Å². The van der Waals surface area contributed by atoms with Gasteiger partial charge in [0.25, 0.3) is 0 Å². The van der Waals surface area contributed by atoms with E-state index in [9.17, 15) is 0 Å². The van der Waals surface area contributed by atoms with Crippen LogP contribution in [0.5, 0.6) is 11.5 Å². The summed E-state index contributed by atoms with van der Waals surface area (Å²) in [4.78, 5) is 9.87. The number of nitrogens with zero attached hydrogens (tertiary/aromatic N) is 2. The Hall–Kier alpha value is -4.79. The monoisotopic (exact) mass is 522 g/mol. The van der Waals surface area contributed by atoms with Crippen molar-refractivity contribution in [2.45, 2.75) is 0 Å². The van der Waals surface area contributed by atoms with Crippen molar-refractivity contribution in [1.29, 1.82) is 0 Å². The van der Waals surface area contributed by atoms with Gasteiger partial charge in [0.1, 0.15) is 11.5 Å². The van der Waals surface area contributed by atoms with Gasteiger partial charge in [0.2, 0.25) is 0 Å². The lowest BCUT2D eigenvalue weighted by atomic mass is 10.1. The number of para-hydroxylation sites is 1. The summed E-state index contributed by atoms with van der Waals surface area (Å²) in [6, 6.07) is 45.2. The molecular formula is C34H23N2O2P. The Balaban J connectivity index is 1.45. The van der Waals surface area contributed by atoms with Crippen molar-refractivity contribution in [3.63, 3.8) is 0 Å². The van der Waals surface area contributed by atoms with Gasteiger partial charge in [0.15, 0.2) is 13.0 Å². The fraction of sp³-hybridized carbons (Fsp3) is 0. The second-order valence-electron chi connectivity index (χ2n) is 9.39. The minimum atomic E-state index is -3.20. The fourth-order valence-corrected chi connectivity index (χ4v) is 7.93. The topological polar surface area (TPSA) is 52.1 Å². The van der Waals surface area contributed by atoms with Gasteiger partial charge in [-0.3, -0.25) is 0 Å². The quantitative estimate of drug-likeness (QED) is 0.229. The van der Waals surface area contributed by atoms with Crippen molar-refractivity contribution < 1.29 is 9.30 Å². The SMILES string of the molecule is O=P1(c2ccccc2)c2ccccc2Oc2ccc(-c3cc(-c4ccccc4)nc(-c4ccccc4)n3)cc21. The molecule has 0 aliphatic carbocycles. The third kappa shape index (κ3) is 4.06. The Labute approximate surface area is 227 Å². The third-order valence-electron chi connectivity index (χ3n) is 6.97. The lowest BCUT2D eigenvalue weighted by Gasteiger charge is -2.29. The van der Waals surface area contributed by atoms with Crippen molar-refractivity contribution in [3.8, 4) is 45.4 Å². The van der Waals surface area contributed by atoms with Gasteiger partial charge >= 0.3 is 0 Å². The maximum atomic E-state index is 15.1. The van der Waals surface area contributed by atoms with E-state index in [2.05, 4.69) is 0 Å². The molecule has 0 bridgehead atoms. The standard InChI is InChI=1S/C34H23N2O2P/c37-39(27-16-8-3-9-17-27)32-19-11-10-18-30(32)38-31-21-20-26(22-33(31)39)29-23-28(24-12-4-1-5-13-24)35-34(36-29)25-14-6-2-7-15-25/h1-23H. The molecule has 186 valence electrons. The molecule has 4 nitrogen and oxygen atoms in total. The van der Waals surface area contributed by atoms with Crippen LogP contribution in [0.4, 0.5) is 0 Å². The molecule has 39 heavy (non-hydrogen) atoms. The smallest absolute Gasteiger partial charge is 0.178 e. The molecule has 0 N–H and O–H groups in total. The van der Waals surface area contributed by atoms with Crippen LogP contribution >= 0.6 is 7.14 Å². The molecule has 6 aromatic rings. The maximum Gasteiger partial charge on any atom is 0.178 e. The highest BCUT2D eigenvalue weighted by Crippen LogP contribution is 2.52. The summed E-state index contributed by atoms with van der Waals surface area (Å²) in [5, 5.41) is 2.15. The highest BCUT2D eigenvalue weighted by molar-refractivity contribution is 7.85. The number of benzene rings is 5. The van der Waals surface area contributed by atoms with E-state index in [1.165, 1.54) is 0 Å². The Bertz CT molecular complexity index is 1800. The average Bonchev–Trinajstić information content (AvgIpc) is 3.02. The molecule has 0 saturated heterocycles. The van der Waals surface area contributed by atoms with Gasteiger partial charge in [-0.15, -0.1) is 0 Å².